The molecule has 0 saturated carbocycles. The predicted molar refractivity (Wildman–Crippen MR) is 101 cm³/mol. The summed E-state index contributed by atoms with van der Waals surface area (Å²) in [4.78, 5) is 11.7. The third-order valence-electron chi connectivity index (χ3n) is 3.42. The van der Waals surface area contributed by atoms with Crippen LogP contribution in [0.2, 0.25) is 0 Å². The summed E-state index contributed by atoms with van der Waals surface area (Å²) < 4.78 is 23.8. The van der Waals surface area contributed by atoms with Crippen molar-refractivity contribution in [3.05, 3.63) is 90.2 Å². The van der Waals surface area contributed by atoms with E-state index in [1.165, 1.54) is 30.5 Å². The van der Waals surface area contributed by atoms with Crippen LogP contribution in [0.25, 0.3) is 0 Å². The Bertz CT molecular complexity index is 912. The van der Waals surface area contributed by atoms with E-state index < -0.39 is 5.91 Å². The summed E-state index contributed by atoms with van der Waals surface area (Å²) in [5, 5.41) is 3.90. The average Bonchev–Trinajstić information content (AvgIpc) is 2.69. The predicted octanol–water partition coefficient (Wildman–Crippen LogP) is 4.15. The average molecular weight is 364 g/mol. The first-order chi connectivity index (χ1) is 13.2. The number of carbonyl (C=O) groups is 1. The second kappa shape index (κ2) is 9.15. The van der Waals surface area contributed by atoms with Crippen molar-refractivity contribution in [2.45, 2.75) is 0 Å². The van der Waals surface area contributed by atoms with Crippen molar-refractivity contribution in [2.75, 3.05) is 6.61 Å². The van der Waals surface area contributed by atoms with Crippen LogP contribution in [0.4, 0.5) is 4.39 Å². The summed E-state index contributed by atoms with van der Waals surface area (Å²) >= 11 is 0. The van der Waals surface area contributed by atoms with Crippen LogP contribution in [0.15, 0.2) is 84.0 Å². The summed E-state index contributed by atoms with van der Waals surface area (Å²) in [5.74, 6) is 1.01. The molecule has 0 spiro atoms. The van der Waals surface area contributed by atoms with Crippen molar-refractivity contribution in [1.29, 1.82) is 0 Å². The molecule has 136 valence electrons. The van der Waals surface area contributed by atoms with E-state index >= 15 is 0 Å². The van der Waals surface area contributed by atoms with Gasteiger partial charge in [0.1, 0.15) is 23.1 Å². The lowest BCUT2D eigenvalue weighted by Gasteiger charge is -2.06. The third kappa shape index (κ3) is 5.97. The van der Waals surface area contributed by atoms with Crippen LogP contribution in [-0.2, 0) is 4.79 Å². The third-order valence-corrected chi connectivity index (χ3v) is 3.42. The van der Waals surface area contributed by atoms with E-state index in [4.69, 9.17) is 9.47 Å². The van der Waals surface area contributed by atoms with Crippen molar-refractivity contribution in [1.82, 2.24) is 5.43 Å². The molecule has 27 heavy (non-hydrogen) atoms. The Morgan fingerprint density at radius 1 is 0.926 bits per heavy atom. The highest BCUT2D eigenvalue weighted by molar-refractivity contribution is 5.83. The van der Waals surface area contributed by atoms with Gasteiger partial charge in [0.2, 0.25) is 0 Å². The van der Waals surface area contributed by atoms with Crippen LogP contribution < -0.4 is 14.9 Å². The quantitative estimate of drug-likeness (QED) is 0.506. The molecule has 1 N–H and O–H groups in total. The Kier molecular flexibility index (Phi) is 6.14. The number of hydrazone groups is 1. The minimum absolute atomic E-state index is 0.222. The number of ether oxygens (including phenoxy) is 2. The maximum atomic E-state index is 12.8. The molecule has 0 unspecified atom stereocenters. The summed E-state index contributed by atoms with van der Waals surface area (Å²) in [7, 11) is 0. The van der Waals surface area contributed by atoms with Crippen LogP contribution in [0, 0.1) is 5.82 Å². The number of hydrogen-bond acceptors (Lipinski definition) is 4. The van der Waals surface area contributed by atoms with Gasteiger partial charge < -0.3 is 9.47 Å². The second-order valence-electron chi connectivity index (χ2n) is 5.52. The molecule has 0 atom stereocenters. The van der Waals surface area contributed by atoms with E-state index in [9.17, 15) is 9.18 Å². The van der Waals surface area contributed by atoms with Crippen molar-refractivity contribution in [3.63, 3.8) is 0 Å². The Labute approximate surface area is 156 Å². The first-order valence-corrected chi connectivity index (χ1v) is 8.22. The minimum atomic E-state index is -0.424. The number of rotatable bonds is 7. The number of halogens is 1. The molecule has 6 heteroatoms. The monoisotopic (exact) mass is 364 g/mol. The van der Waals surface area contributed by atoms with E-state index in [0.29, 0.717) is 11.5 Å². The van der Waals surface area contributed by atoms with Gasteiger partial charge in [-0.2, -0.15) is 5.10 Å². The molecule has 0 fully saturated rings. The smallest absolute Gasteiger partial charge is 0.277 e. The van der Waals surface area contributed by atoms with Crippen molar-refractivity contribution in [2.24, 2.45) is 5.10 Å². The highest BCUT2D eigenvalue weighted by atomic mass is 19.1. The zero-order chi connectivity index (χ0) is 18.9. The number of carbonyl (C=O) groups excluding carboxylic acids is 1. The summed E-state index contributed by atoms with van der Waals surface area (Å²) in [6.45, 7) is -0.222. The van der Waals surface area contributed by atoms with Crippen molar-refractivity contribution >= 4 is 12.1 Å². The molecule has 0 radical (unpaired) electrons. The fourth-order valence-corrected chi connectivity index (χ4v) is 2.17. The van der Waals surface area contributed by atoms with Crippen molar-refractivity contribution in [3.8, 4) is 17.2 Å². The number of benzene rings is 3. The van der Waals surface area contributed by atoms with E-state index in [1.807, 2.05) is 48.5 Å². The SMILES string of the molecule is O=C(COc1ccc(F)cc1)NN=Cc1cccc(Oc2ccccc2)c1. The van der Waals surface area contributed by atoms with Crippen LogP contribution in [-0.4, -0.2) is 18.7 Å². The zero-order valence-corrected chi connectivity index (χ0v) is 14.3. The minimum Gasteiger partial charge on any atom is -0.484 e. The van der Waals surface area contributed by atoms with E-state index in [0.717, 1.165) is 11.3 Å². The molecule has 0 saturated heterocycles. The highest BCUT2D eigenvalue weighted by Gasteiger charge is 2.02. The second-order valence-corrected chi connectivity index (χ2v) is 5.52. The van der Waals surface area contributed by atoms with Gasteiger partial charge in [0.25, 0.3) is 5.91 Å². The fraction of sp³-hybridized carbons (Fsp3) is 0.0476. The summed E-state index contributed by atoms with van der Waals surface area (Å²) in [6, 6.07) is 22.1. The standard InChI is InChI=1S/C21H17FN2O3/c22-17-9-11-18(12-10-17)26-15-21(25)24-23-14-16-5-4-8-20(13-16)27-19-6-2-1-3-7-19/h1-14H,15H2,(H,24,25). The molecule has 0 heterocycles. The van der Waals surface area contributed by atoms with Gasteiger partial charge in [0, 0.05) is 0 Å². The fourth-order valence-electron chi connectivity index (χ4n) is 2.17. The maximum absolute atomic E-state index is 12.8. The normalized spacial score (nSPS) is 10.6. The number of amides is 1. The van der Waals surface area contributed by atoms with Crippen molar-refractivity contribution < 1.29 is 18.7 Å². The van der Waals surface area contributed by atoms with Gasteiger partial charge in [-0.3, -0.25) is 4.79 Å². The summed E-state index contributed by atoms with van der Waals surface area (Å²) in [6.07, 6.45) is 1.51. The lowest BCUT2D eigenvalue weighted by molar-refractivity contribution is -0.123. The number of para-hydroxylation sites is 1. The zero-order valence-electron chi connectivity index (χ0n) is 14.3. The highest BCUT2D eigenvalue weighted by Crippen LogP contribution is 2.21. The first kappa shape index (κ1) is 18.1. The Balaban J connectivity index is 1.49. The van der Waals surface area contributed by atoms with Gasteiger partial charge in [-0.1, -0.05) is 30.3 Å². The largest absolute Gasteiger partial charge is 0.484 e. The van der Waals surface area contributed by atoms with Gasteiger partial charge in [0.05, 0.1) is 6.21 Å². The number of nitrogens with zero attached hydrogens (tertiary/aromatic N) is 1. The van der Waals surface area contributed by atoms with Crippen LogP contribution in [0.1, 0.15) is 5.56 Å². The molecule has 5 nitrogen and oxygen atoms in total. The van der Waals surface area contributed by atoms with Gasteiger partial charge in [-0.25, -0.2) is 9.82 Å². The molecule has 3 aromatic rings. The van der Waals surface area contributed by atoms with Gasteiger partial charge >= 0.3 is 0 Å². The molecule has 0 bridgehead atoms. The van der Waals surface area contributed by atoms with Crippen LogP contribution in [0.5, 0.6) is 17.2 Å². The van der Waals surface area contributed by atoms with Crippen LogP contribution in [0.3, 0.4) is 0 Å². The summed E-state index contributed by atoms with van der Waals surface area (Å²) in [5.41, 5.74) is 3.14. The number of hydrogen-bond donors (Lipinski definition) is 1. The Hall–Kier alpha value is -3.67. The van der Waals surface area contributed by atoms with Gasteiger partial charge in [0.15, 0.2) is 6.61 Å². The molecule has 0 aliphatic rings. The Morgan fingerprint density at radius 3 is 2.44 bits per heavy atom. The lowest BCUT2D eigenvalue weighted by atomic mass is 10.2. The molecule has 1 amide bonds. The van der Waals surface area contributed by atoms with Crippen LogP contribution >= 0.6 is 0 Å². The first-order valence-electron chi connectivity index (χ1n) is 8.22. The molecule has 3 rings (SSSR count). The molecular formula is C21H17FN2O3. The van der Waals surface area contributed by atoms with Gasteiger partial charge in [-0.15, -0.1) is 0 Å². The molecule has 3 aromatic carbocycles. The van der Waals surface area contributed by atoms with Gasteiger partial charge in [-0.05, 0) is 54.1 Å². The molecule has 0 aromatic heterocycles. The number of nitrogens with one attached hydrogen (secondary N) is 1. The van der Waals surface area contributed by atoms with E-state index in [-0.39, 0.29) is 12.4 Å². The molecule has 0 aliphatic heterocycles. The van der Waals surface area contributed by atoms with E-state index in [2.05, 4.69) is 10.5 Å². The molecular weight excluding hydrogens is 347 g/mol. The Morgan fingerprint density at radius 2 is 1.67 bits per heavy atom. The lowest BCUT2D eigenvalue weighted by Crippen LogP contribution is -2.24. The van der Waals surface area contributed by atoms with E-state index in [1.54, 1.807) is 6.07 Å². The molecule has 0 aliphatic carbocycles. The topological polar surface area (TPSA) is 59.9 Å². The maximum Gasteiger partial charge on any atom is 0.277 e.